The van der Waals surface area contributed by atoms with Crippen LogP contribution in [0.2, 0.25) is 5.15 Å². The lowest BCUT2D eigenvalue weighted by Gasteiger charge is -2.52. The molecule has 0 spiro atoms. The second-order valence-electron chi connectivity index (χ2n) is 5.90. The minimum absolute atomic E-state index is 0.0731. The summed E-state index contributed by atoms with van der Waals surface area (Å²) in [6.07, 6.45) is 0.844. The first-order valence-corrected chi connectivity index (χ1v) is 8.88. The van der Waals surface area contributed by atoms with E-state index in [1.54, 1.807) is 5.38 Å². The number of halogens is 1. The fourth-order valence-electron chi connectivity index (χ4n) is 2.50. The molecule has 2 atom stereocenters. The van der Waals surface area contributed by atoms with Gasteiger partial charge in [-0.05, 0) is 13.3 Å². The molecule has 1 saturated carbocycles. The highest BCUT2D eigenvalue weighted by atomic mass is 35.5. The molecule has 0 bridgehead atoms. The number of amides is 1. The van der Waals surface area contributed by atoms with Gasteiger partial charge in [-0.1, -0.05) is 25.4 Å². The number of thiazole rings is 1. The van der Waals surface area contributed by atoms with Gasteiger partial charge in [-0.3, -0.25) is 4.79 Å². The highest BCUT2D eigenvalue weighted by molar-refractivity contribution is 7.12. The highest BCUT2D eigenvalue weighted by Crippen LogP contribution is 2.42. The Bertz CT molecular complexity index is 698. The van der Waals surface area contributed by atoms with Crippen LogP contribution in [0.1, 0.15) is 35.9 Å². The second-order valence-corrected chi connectivity index (χ2v) is 7.90. The Morgan fingerprint density at radius 3 is 2.73 bits per heavy atom. The largest absolute Gasteiger partial charge is 0.357 e. The van der Waals surface area contributed by atoms with Gasteiger partial charge in [0, 0.05) is 34.4 Å². The molecule has 2 aromatic heterocycles. The molecule has 2 heterocycles. The van der Waals surface area contributed by atoms with Crippen molar-refractivity contribution in [3.8, 4) is 0 Å². The summed E-state index contributed by atoms with van der Waals surface area (Å²) in [5.74, 6) is 0.607. The Balaban J connectivity index is 1.60. The van der Waals surface area contributed by atoms with Gasteiger partial charge in [-0.2, -0.15) is 4.37 Å². The summed E-state index contributed by atoms with van der Waals surface area (Å²) in [5, 5.41) is 9.67. The van der Waals surface area contributed by atoms with Crippen LogP contribution in [0.5, 0.6) is 0 Å². The van der Waals surface area contributed by atoms with Gasteiger partial charge >= 0.3 is 0 Å². The average molecular weight is 358 g/mol. The minimum Gasteiger partial charge on any atom is -0.357 e. The van der Waals surface area contributed by atoms with E-state index in [-0.39, 0.29) is 23.4 Å². The van der Waals surface area contributed by atoms with Gasteiger partial charge in [0.05, 0.1) is 0 Å². The third-order valence-corrected chi connectivity index (χ3v) is 5.97. The first kappa shape index (κ1) is 15.6. The van der Waals surface area contributed by atoms with Crippen molar-refractivity contribution in [2.45, 2.75) is 39.3 Å². The van der Waals surface area contributed by atoms with Crippen LogP contribution < -0.4 is 10.6 Å². The second kappa shape index (κ2) is 5.75. The van der Waals surface area contributed by atoms with E-state index in [1.165, 1.54) is 22.9 Å². The number of aromatic nitrogens is 3. The molecule has 3 rings (SSSR count). The summed E-state index contributed by atoms with van der Waals surface area (Å²) >= 11 is 8.37. The molecule has 2 aromatic rings. The molecule has 2 unspecified atom stereocenters. The van der Waals surface area contributed by atoms with Crippen LogP contribution in [0.4, 0.5) is 5.13 Å². The molecule has 22 heavy (non-hydrogen) atoms. The van der Waals surface area contributed by atoms with E-state index in [1.807, 2.05) is 6.92 Å². The molecular formula is C13H16ClN5OS2. The normalized spacial score (nSPS) is 22.9. The maximum Gasteiger partial charge on any atom is 0.280 e. The van der Waals surface area contributed by atoms with Crippen LogP contribution in [-0.4, -0.2) is 32.3 Å². The minimum atomic E-state index is -0.166. The highest BCUT2D eigenvalue weighted by Gasteiger charge is 2.49. The molecule has 1 aliphatic rings. The van der Waals surface area contributed by atoms with E-state index in [9.17, 15) is 4.79 Å². The zero-order valence-electron chi connectivity index (χ0n) is 12.4. The summed E-state index contributed by atoms with van der Waals surface area (Å²) in [6, 6.07) is 0.347. The number of anilines is 1. The predicted octanol–water partition coefficient (Wildman–Crippen LogP) is 2.97. The predicted molar refractivity (Wildman–Crippen MR) is 88.8 cm³/mol. The van der Waals surface area contributed by atoms with Crippen LogP contribution in [0.3, 0.4) is 0 Å². The molecule has 1 fully saturated rings. The fraction of sp³-hybridized carbons (Fsp3) is 0.538. The molecule has 1 amide bonds. The van der Waals surface area contributed by atoms with Crippen molar-refractivity contribution in [2.24, 2.45) is 5.41 Å². The van der Waals surface area contributed by atoms with Crippen molar-refractivity contribution >= 4 is 45.5 Å². The summed E-state index contributed by atoms with van der Waals surface area (Å²) < 4.78 is 4.16. The zero-order valence-corrected chi connectivity index (χ0v) is 14.8. The number of carbonyl (C=O) groups is 1. The quantitative estimate of drug-likeness (QED) is 0.879. The van der Waals surface area contributed by atoms with Crippen LogP contribution >= 0.6 is 34.5 Å². The number of aryl methyl sites for hydroxylation is 1. The lowest BCUT2D eigenvalue weighted by atomic mass is 9.63. The summed E-state index contributed by atoms with van der Waals surface area (Å²) in [5.41, 5.74) is -0.0731. The van der Waals surface area contributed by atoms with Gasteiger partial charge in [-0.15, -0.1) is 11.3 Å². The molecule has 0 radical (unpaired) electrons. The molecular weight excluding hydrogens is 342 g/mol. The van der Waals surface area contributed by atoms with Crippen molar-refractivity contribution in [1.82, 2.24) is 19.7 Å². The van der Waals surface area contributed by atoms with Gasteiger partial charge in [0.1, 0.15) is 11.0 Å². The third-order valence-electron chi connectivity index (χ3n) is 4.07. The standard InChI is InChI=1S/C13H16ClN5OS2/c1-6-15-12(22-19-6)17-8-4-7(13(8,2)3)16-10(20)11-18-9(14)5-21-11/h5,7-8H,4H2,1-3H3,(H,16,20)(H,15,17,19). The molecule has 2 N–H and O–H groups in total. The molecule has 1 aliphatic carbocycles. The summed E-state index contributed by atoms with van der Waals surface area (Å²) in [7, 11) is 0. The fourth-order valence-corrected chi connectivity index (χ4v) is 3.97. The Kier molecular flexibility index (Phi) is 4.09. The topological polar surface area (TPSA) is 79.8 Å². The number of nitrogens with zero attached hydrogens (tertiary/aromatic N) is 3. The Labute approximate surface area is 141 Å². The average Bonchev–Trinajstić information content (AvgIpc) is 3.06. The van der Waals surface area contributed by atoms with Crippen LogP contribution in [0, 0.1) is 12.3 Å². The number of hydrogen-bond donors (Lipinski definition) is 2. The first-order valence-electron chi connectivity index (χ1n) is 6.85. The molecule has 0 saturated heterocycles. The van der Waals surface area contributed by atoms with Gasteiger partial charge in [-0.25, -0.2) is 9.97 Å². The number of carbonyl (C=O) groups excluding carboxylic acids is 1. The van der Waals surface area contributed by atoms with E-state index in [4.69, 9.17) is 11.6 Å². The van der Waals surface area contributed by atoms with E-state index < -0.39 is 0 Å². The van der Waals surface area contributed by atoms with E-state index in [0.717, 1.165) is 17.4 Å². The lowest BCUT2D eigenvalue weighted by Crippen LogP contribution is -2.63. The van der Waals surface area contributed by atoms with Gasteiger partial charge in [0.2, 0.25) is 5.13 Å². The molecule has 0 aliphatic heterocycles. The van der Waals surface area contributed by atoms with Crippen LogP contribution in [0.15, 0.2) is 5.38 Å². The number of hydrogen-bond acceptors (Lipinski definition) is 7. The molecule has 0 aromatic carbocycles. The first-order chi connectivity index (χ1) is 10.4. The summed E-state index contributed by atoms with van der Waals surface area (Å²) in [4.78, 5) is 20.5. The van der Waals surface area contributed by atoms with Crippen LogP contribution in [-0.2, 0) is 0 Å². The SMILES string of the molecule is Cc1nsc(NC2CC(NC(=O)c3nc(Cl)cs3)C2(C)C)n1. The van der Waals surface area contributed by atoms with E-state index in [2.05, 4.69) is 38.8 Å². The van der Waals surface area contributed by atoms with Crippen molar-refractivity contribution in [3.05, 3.63) is 21.4 Å². The smallest absolute Gasteiger partial charge is 0.280 e. The van der Waals surface area contributed by atoms with Crippen molar-refractivity contribution in [3.63, 3.8) is 0 Å². The zero-order chi connectivity index (χ0) is 15.9. The van der Waals surface area contributed by atoms with E-state index >= 15 is 0 Å². The number of nitrogens with one attached hydrogen (secondary N) is 2. The van der Waals surface area contributed by atoms with Crippen LogP contribution in [0.25, 0.3) is 0 Å². The Morgan fingerprint density at radius 2 is 2.18 bits per heavy atom. The van der Waals surface area contributed by atoms with Gasteiger partial charge in [0.25, 0.3) is 5.91 Å². The Hall–Kier alpha value is -1.25. The van der Waals surface area contributed by atoms with Crippen molar-refractivity contribution in [2.75, 3.05) is 5.32 Å². The van der Waals surface area contributed by atoms with Crippen molar-refractivity contribution in [1.29, 1.82) is 0 Å². The monoisotopic (exact) mass is 357 g/mol. The molecule has 9 heteroatoms. The third kappa shape index (κ3) is 2.95. The van der Waals surface area contributed by atoms with Gasteiger partial charge in [0.15, 0.2) is 5.01 Å². The molecule has 118 valence electrons. The molecule has 6 nitrogen and oxygen atoms in total. The van der Waals surface area contributed by atoms with E-state index in [0.29, 0.717) is 10.2 Å². The number of rotatable bonds is 4. The summed E-state index contributed by atoms with van der Waals surface area (Å²) in [6.45, 7) is 6.12. The maximum atomic E-state index is 12.2. The van der Waals surface area contributed by atoms with Gasteiger partial charge < -0.3 is 10.6 Å². The Morgan fingerprint density at radius 1 is 1.41 bits per heavy atom. The lowest BCUT2D eigenvalue weighted by molar-refractivity contribution is 0.0649. The maximum absolute atomic E-state index is 12.2. The van der Waals surface area contributed by atoms with Crippen molar-refractivity contribution < 1.29 is 4.79 Å².